The lowest BCUT2D eigenvalue weighted by molar-refractivity contribution is -0.136. The number of halogens is 1. The second-order valence-corrected chi connectivity index (χ2v) is 5.92. The summed E-state index contributed by atoms with van der Waals surface area (Å²) in [5, 5.41) is 5.57. The molecule has 124 valence electrons. The van der Waals surface area contributed by atoms with E-state index in [4.69, 9.17) is 11.6 Å². The predicted octanol–water partition coefficient (Wildman–Crippen LogP) is 1.72. The molecule has 6 nitrogen and oxygen atoms in total. The van der Waals surface area contributed by atoms with Crippen LogP contribution in [0, 0.1) is 6.92 Å². The van der Waals surface area contributed by atoms with E-state index in [2.05, 4.69) is 10.6 Å². The van der Waals surface area contributed by atoms with E-state index in [0.717, 1.165) is 18.5 Å². The number of aryl methyl sites for hydroxylation is 1. The van der Waals surface area contributed by atoms with Gasteiger partial charge in [0.15, 0.2) is 0 Å². The Morgan fingerprint density at radius 2 is 2.09 bits per heavy atom. The van der Waals surface area contributed by atoms with Crippen LogP contribution >= 0.6 is 11.6 Å². The lowest BCUT2D eigenvalue weighted by Crippen LogP contribution is -2.37. The van der Waals surface area contributed by atoms with E-state index in [0.29, 0.717) is 36.6 Å². The number of carbonyl (C=O) groups is 3. The van der Waals surface area contributed by atoms with Crippen molar-refractivity contribution >= 4 is 35.0 Å². The Bertz CT molecular complexity index is 619. The van der Waals surface area contributed by atoms with Gasteiger partial charge in [-0.3, -0.25) is 14.4 Å². The van der Waals surface area contributed by atoms with Gasteiger partial charge in [-0.05, 0) is 37.5 Å². The largest absolute Gasteiger partial charge is 0.348 e. The number of carbonyl (C=O) groups excluding carboxylic acids is 3. The number of anilines is 1. The van der Waals surface area contributed by atoms with Gasteiger partial charge in [-0.2, -0.15) is 0 Å². The molecule has 3 amide bonds. The molecule has 0 unspecified atom stereocenters. The summed E-state index contributed by atoms with van der Waals surface area (Å²) < 4.78 is 0. The number of amides is 3. The zero-order chi connectivity index (χ0) is 16.8. The van der Waals surface area contributed by atoms with Gasteiger partial charge >= 0.3 is 11.8 Å². The third kappa shape index (κ3) is 4.96. The maximum absolute atomic E-state index is 11.8. The topological polar surface area (TPSA) is 78.5 Å². The van der Waals surface area contributed by atoms with Crippen molar-refractivity contribution < 1.29 is 14.4 Å². The fraction of sp³-hybridized carbons (Fsp3) is 0.438. The molecule has 1 fully saturated rings. The van der Waals surface area contributed by atoms with Crippen molar-refractivity contribution in [3.8, 4) is 0 Å². The Morgan fingerprint density at radius 3 is 2.74 bits per heavy atom. The molecular weight excluding hydrogens is 318 g/mol. The highest BCUT2D eigenvalue weighted by molar-refractivity contribution is 6.39. The van der Waals surface area contributed by atoms with Gasteiger partial charge in [-0.15, -0.1) is 0 Å². The third-order valence-corrected chi connectivity index (χ3v) is 4.10. The number of nitrogens with zero attached hydrogens (tertiary/aromatic N) is 1. The Morgan fingerprint density at radius 1 is 1.30 bits per heavy atom. The van der Waals surface area contributed by atoms with Crippen LogP contribution in [0.4, 0.5) is 5.69 Å². The molecule has 7 heteroatoms. The minimum Gasteiger partial charge on any atom is -0.348 e. The standard InChI is InChI=1S/C16H20ClN3O3/c1-11-5-6-12(10-13(11)17)19-16(23)15(22)18-7-3-9-20-8-2-4-14(20)21/h5-6,10H,2-4,7-9H2,1H3,(H,18,22)(H,19,23). The van der Waals surface area contributed by atoms with Crippen molar-refractivity contribution in [2.24, 2.45) is 0 Å². The molecule has 0 radical (unpaired) electrons. The van der Waals surface area contributed by atoms with Gasteiger partial charge in [0.2, 0.25) is 5.91 Å². The molecule has 2 N–H and O–H groups in total. The van der Waals surface area contributed by atoms with E-state index in [-0.39, 0.29) is 5.91 Å². The molecule has 0 bridgehead atoms. The second-order valence-electron chi connectivity index (χ2n) is 5.51. The summed E-state index contributed by atoms with van der Waals surface area (Å²) in [5.41, 5.74) is 1.37. The lowest BCUT2D eigenvalue weighted by atomic mass is 10.2. The zero-order valence-electron chi connectivity index (χ0n) is 13.0. The Hall–Kier alpha value is -2.08. The lowest BCUT2D eigenvalue weighted by Gasteiger charge is -2.15. The van der Waals surface area contributed by atoms with Gasteiger partial charge in [0.05, 0.1) is 0 Å². The number of rotatable bonds is 5. The highest BCUT2D eigenvalue weighted by Crippen LogP contribution is 2.19. The predicted molar refractivity (Wildman–Crippen MR) is 88.3 cm³/mol. The van der Waals surface area contributed by atoms with Crippen LogP contribution in [-0.4, -0.2) is 42.3 Å². The van der Waals surface area contributed by atoms with Crippen molar-refractivity contribution in [3.05, 3.63) is 28.8 Å². The van der Waals surface area contributed by atoms with Crippen molar-refractivity contribution in [1.29, 1.82) is 0 Å². The summed E-state index contributed by atoms with van der Waals surface area (Å²) in [6, 6.07) is 5.05. The van der Waals surface area contributed by atoms with Crippen LogP contribution in [0.2, 0.25) is 5.02 Å². The highest BCUT2D eigenvalue weighted by atomic mass is 35.5. The van der Waals surface area contributed by atoms with Crippen LogP contribution in [0.3, 0.4) is 0 Å². The first-order chi connectivity index (χ1) is 11.0. The third-order valence-electron chi connectivity index (χ3n) is 3.70. The van der Waals surface area contributed by atoms with Crippen LogP contribution in [0.25, 0.3) is 0 Å². The number of hydrogen-bond donors (Lipinski definition) is 2. The average molecular weight is 338 g/mol. The molecule has 2 rings (SSSR count). The van der Waals surface area contributed by atoms with E-state index in [1.54, 1.807) is 23.1 Å². The highest BCUT2D eigenvalue weighted by Gasteiger charge is 2.19. The summed E-state index contributed by atoms with van der Waals surface area (Å²) in [7, 11) is 0. The summed E-state index contributed by atoms with van der Waals surface area (Å²) >= 11 is 5.97. The van der Waals surface area contributed by atoms with Gasteiger partial charge in [0.25, 0.3) is 0 Å². The monoisotopic (exact) mass is 337 g/mol. The SMILES string of the molecule is Cc1ccc(NC(=O)C(=O)NCCCN2CCCC2=O)cc1Cl. The number of hydrogen-bond acceptors (Lipinski definition) is 3. The number of likely N-dealkylation sites (tertiary alicyclic amines) is 1. The Kier molecular flexibility index (Phi) is 5.98. The van der Waals surface area contributed by atoms with Crippen molar-refractivity contribution in [2.75, 3.05) is 25.0 Å². The summed E-state index contributed by atoms with van der Waals surface area (Å²) in [6.07, 6.45) is 2.13. The molecule has 0 aliphatic carbocycles. The van der Waals surface area contributed by atoms with Crippen LogP contribution in [0.5, 0.6) is 0 Å². The minimum absolute atomic E-state index is 0.158. The fourth-order valence-corrected chi connectivity index (χ4v) is 2.53. The molecule has 0 aromatic heterocycles. The van der Waals surface area contributed by atoms with Crippen molar-refractivity contribution in [1.82, 2.24) is 10.2 Å². The van der Waals surface area contributed by atoms with Crippen LogP contribution in [-0.2, 0) is 14.4 Å². The van der Waals surface area contributed by atoms with Gasteiger partial charge in [0.1, 0.15) is 0 Å². The molecule has 1 aromatic carbocycles. The molecule has 0 atom stereocenters. The van der Waals surface area contributed by atoms with Gasteiger partial charge in [-0.1, -0.05) is 17.7 Å². The van der Waals surface area contributed by atoms with Gasteiger partial charge < -0.3 is 15.5 Å². The molecule has 23 heavy (non-hydrogen) atoms. The molecule has 1 heterocycles. The normalized spacial score (nSPS) is 14.0. The van der Waals surface area contributed by atoms with Crippen molar-refractivity contribution in [3.63, 3.8) is 0 Å². The van der Waals surface area contributed by atoms with Crippen LogP contribution in [0.15, 0.2) is 18.2 Å². The van der Waals surface area contributed by atoms with E-state index < -0.39 is 11.8 Å². The Balaban J connectivity index is 1.71. The van der Waals surface area contributed by atoms with E-state index in [1.807, 2.05) is 6.92 Å². The first-order valence-electron chi connectivity index (χ1n) is 7.60. The van der Waals surface area contributed by atoms with Gasteiger partial charge in [-0.25, -0.2) is 0 Å². The number of nitrogens with one attached hydrogen (secondary N) is 2. The molecule has 1 aromatic rings. The molecule has 0 saturated carbocycles. The molecule has 1 aliphatic rings. The summed E-state index contributed by atoms with van der Waals surface area (Å²) in [5.74, 6) is -1.28. The summed E-state index contributed by atoms with van der Waals surface area (Å²) in [6.45, 7) is 3.59. The second kappa shape index (κ2) is 7.97. The van der Waals surface area contributed by atoms with Crippen molar-refractivity contribution in [2.45, 2.75) is 26.2 Å². The Labute approximate surface area is 140 Å². The average Bonchev–Trinajstić information content (AvgIpc) is 2.92. The fourth-order valence-electron chi connectivity index (χ4n) is 2.35. The molecule has 0 spiro atoms. The molecule has 1 saturated heterocycles. The first-order valence-corrected chi connectivity index (χ1v) is 7.98. The first kappa shape index (κ1) is 17.3. The smallest absolute Gasteiger partial charge is 0.313 e. The minimum atomic E-state index is -0.734. The zero-order valence-corrected chi connectivity index (χ0v) is 13.8. The molecular formula is C16H20ClN3O3. The maximum Gasteiger partial charge on any atom is 0.313 e. The van der Waals surface area contributed by atoms with Gasteiger partial charge in [0, 0.05) is 36.8 Å². The van der Waals surface area contributed by atoms with Crippen LogP contribution < -0.4 is 10.6 Å². The number of benzene rings is 1. The van der Waals surface area contributed by atoms with E-state index in [9.17, 15) is 14.4 Å². The van der Waals surface area contributed by atoms with Crippen LogP contribution in [0.1, 0.15) is 24.8 Å². The quantitative estimate of drug-likeness (QED) is 0.634. The molecule has 1 aliphatic heterocycles. The van der Waals surface area contributed by atoms with E-state index in [1.165, 1.54) is 0 Å². The summed E-state index contributed by atoms with van der Waals surface area (Å²) in [4.78, 5) is 36.7. The maximum atomic E-state index is 11.8. The van der Waals surface area contributed by atoms with E-state index >= 15 is 0 Å².